The molecule has 1 unspecified atom stereocenters. The van der Waals surface area contributed by atoms with Crippen molar-refractivity contribution in [3.8, 4) is 0 Å². The van der Waals surface area contributed by atoms with Crippen LogP contribution in [-0.4, -0.2) is 24.1 Å². The van der Waals surface area contributed by atoms with Gasteiger partial charge in [-0.2, -0.15) is 0 Å². The van der Waals surface area contributed by atoms with Crippen LogP contribution in [0.25, 0.3) is 0 Å². The highest BCUT2D eigenvalue weighted by molar-refractivity contribution is 5.71. The number of unbranched alkanes of at least 4 members (excludes halogenated alkanes) is 10. The summed E-state index contributed by atoms with van der Waals surface area (Å²) in [7, 11) is 0. The summed E-state index contributed by atoms with van der Waals surface area (Å²) in [6.45, 7) is 26.1. The smallest absolute Gasteiger partial charge is 0.309 e. The minimum absolute atomic E-state index is 0.0838. The van der Waals surface area contributed by atoms with Crippen molar-refractivity contribution in [2.24, 2.45) is 56.7 Å². The molecule has 52 heavy (non-hydrogen) atoms. The average Bonchev–Trinajstić information content (AvgIpc) is 3.43. The Morgan fingerprint density at radius 1 is 0.692 bits per heavy atom. The Hall–Kier alpha value is -1.32. The van der Waals surface area contributed by atoms with Crippen molar-refractivity contribution in [2.45, 2.75) is 222 Å². The molecule has 0 aromatic rings. The predicted molar refractivity (Wildman–Crippen MR) is 216 cm³/mol. The van der Waals surface area contributed by atoms with Crippen LogP contribution in [0.5, 0.6) is 0 Å². The summed E-state index contributed by atoms with van der Waals surface area (Å²) in [4.78, 5) is 25.6. The summed E-state index contributed by atoms with van der Waals surface area (Å²) < 4.78 is 12.1. The molecule has 5 saturated carbocycles. The first-order chi connectivity index (χ1) is 24.5. The first-order valence-corrected chi connectivity index (χ1v) is 22.6. The third-order valence-corrected chi connectivity index (χ3v) is 17.6. The average molecular weight is 723 g/mol. The molecule has 0 aromatic heterocycles. The lowest BCUT2D eigenvalue weighted by molar-refractivity contribution is -0.249. The van der Waals surface area contributed by atoms with Gasteiger partial charge in [-0.25, -0.2) is 0 Å². The minimum atomic E-state index is -0.381. The van der Waals surface area contributed by atoms with Crippen molar-refractivity contribution in [3.05, 3.63) is 12.2 Å². The fourth-order valence-corrected chi connectivity index (χ4v) is 14.5. The topological polar surface area (TPSA) is 52.6 Å². The fourth-order valence-electron chi connectivity index (χ4n) is 14.5. The molecule has 0 aliphatic heterocycles. The quantitative estimate of drug-likeness (QED) is 0.0852. The van der Waals surface area contributed by atoms with Gasteiger partial charge in [-0.05, 0) is 135 Å². The maximum absolute atomic E-state index is 13.6. The first kappa shape index (κ1) is 41.8. The van der Waals surface area contributed by atoms with Crippen LogP contribution in [0, 0.1) is 56.7 Å². The van der Waals surface area contributed by atoms with Gasteiger partial charge in [0.2, 0.25) is 0 Å². The molecule has 4 heteroatoms. The van der Waals surface area contributed by atoms with E-state index in [1.54, 1.807) is 0 Å². The van der Waals surface area contributed by atoms with Gasteiger partial charge >= 0.3 is 11.9 Å². The Kier molecular flexibility index (Phi) is 13.5. The molecule has 11 atom stereocenters. The van der Waals surface area contributed by atoms with Crippen LogP contribution >= 0.6 is 0 Å². The van der Waals surface area contributed by atoms with Crippen LogP contribution < -0.4 is 0 Å². The van der Waals surface area contributed by atoms with Gasteiger partial charge in [0.05, 0.1) is 6.42 Å². The highest BCUT2D eigenvalue weighted by Crippen LogP contribution is 2.77. The Labute approximate surface area is 321 Å². The highest BCUT2D eigenvalue weighted by atomic mass is 16.6. The summed E-state index contributed by atoms with van der Waals surface area (Å²) in [5, 5.41) is 0. The molecule has 0 spiro atoms. The highest BCUT2D eigenvalue weighted by Gasteiger charge is 2.70. The monoisotopic (exact) mass is 723 g/mol. The number of carbonyl (C=O) groups excluding carboxylic acids is 2. The molecule has 0 saturated heterocycles. The van der Waals surface area contributed by atoms with Crippen LogP contribution in [0.15, 0.2) is 12.2 Å². The summed E-state index contributed by atoms with van der Waals surface area (Å²) in [5.74, 6) is 3.07. The number of ether oxygens (including phenoxy) is 2. The third-order valence-electron chi connectivity index (χ3n) is 17.6. The number of fused-ring (bicyclic) bond motifs is 7. The van der Waals surface area contributed by atoms with Gasteiger partial charge in [0.25, 0.3) is 0 Å². The van der Waals surface area contributed by atoms with Crippen LogP contribution in [0.3, 0.4) is 0 Å². The van der Waals surface area contributed by atoms with Crippen molar-refractivity contribution in [1.82, 2.24) is 0 Å². The van der Waals surface area contributed by atoms with E-state index in [9.17, 15) is 9.59 Å². The molecule has 5 fully saturated rings. The second-order valence-electron chi connectivity index (χ2n) is 20.9. The van der Waals surface area contributed by atoms with E-state index >= 15 is 0 Å². The number of esters is 2. The molecule has 0 heterocycles. The van der Waals surface area contributed by atoms with Crippen molar-refractivity contribution < 1.29 is 19.1 Å². The largest absolute Gasteiger partial charge is 0.462 e. The second kappa shape index (κ2) is 16.8. The van der Waals surface area contributed by atoms with Crippen molar-refractivity contribution in [1.29, 1.82) is 0 Å². The molecule has 298 valence electrons. The van der Waals surface area contributed by atoms with Gasteiger partial charge in [-0.15, -0.1) is 0 Å². The predicted octanol–water partition coefficient (Wildman–Crippen LogP) is 13.6. The number of allylic oxidation sites excluding steroid dienone is 1. The van der Waals surface area contributed by atoms with Gasteiger partial charge in [0.15, 0.2) is 0 Å². The number of carbonyl (C=O) groups is 2. The first-order valence-electron chi connectivity index (χ1n) is 22.6. The van der Waals surface area contributed by atoms with Gasteiger partial charge in [0, 0.05) is 12.3 Å². The zero-order valence-electron chi connectivity index (χ0n) is 35.6. The molecule has 5 aliphatic carbocycles. The maximum Gasteiger partial charge on any atom is 0.309 e. The Bertz CT molecular complexity index is 1240. The van der Waals surface area contributed by atoms with Crippen molar-refractivity contribution >= 4 is 11.9 Å². The van der Waals surface area contributed by atoms with Crippen LogP contribution in [0.1, 0.15) is 210 Å². The lowest BCUT2D eigenvalue weighted by Gasteiger charge is -2.73. The van der Waals surface area contributed by atoms with Crippen LogP contribution in [0.4, 0.5) is 0 Å². The zero-order chi connectivity index (χ0) is 38.0. The second-order valence-corrected chi connectivity index (χ2v) is 20.9. The van der Waals surface area contributed by atoms with Crippen molar-refractivity contribution in [2.75, 3.05) is 0 Å². The van der Waals surface area contributed by atoms with Crippen molar-refractivity contribution in [3.63, 3.8) is 0 Å². The third kappa shape index (κ3) is 8.13. The van der Waals surface area contributed by atoms with Gasteiger partial charge in [-0.3, -0.25) is 9.59 Å². The maximum atomic E-state index is 13.6. The van der Waals surface area contributed by atoms with E-state index in [0.717, 1.165) is 43.9 Å². The molecule has 4 nitrogen and oxygen atoms in total. The molecular formula is C48H82O4. The van der Waals surface area contributed by atoms with Gasteiger partial charge in [-0.1, -0.05) is 125 Å². The molecule has 5 aliphatic rings. The Morgan fingerprint density at radius 2 is 1.33 bits per heavy atom. The number of hydrogen-bond acceptors (Lipinski definition) is 4. The van der Waals surface area contributed by atoms with Crippen LogP contribution in [0.2, 0.25) is 0 Å². The fraction of sp³-hybridized carbons (Fsp3) is 0.917. The van der Waals surface area contributed by atoms with Crippen LogP contribution in [-0.2, 0) is 19.1 Å². The molecule has 0 radical (unpaired) electrons. The van der Waals surface area contributed by atoms with E-state index in [-0.39, 0.29) is 41.4 Å². The summed E-state index contributed by atoms with van der Waals surface area (Å²) in [5.41, 5.74) is 2.81. The van der Waals surface area contributed by atoms with Gasteiger partial charge < -0.3 is 9.47 Å². The van der Waals surface area contributed by atoms with E-state index in [1.807, 2.05) is 0 Å². The van der Waals surface area contributed by atoms with E-state index < -0.39 is 0 Å². The summed E-state index contributed by atoms with van der Waals surface area (Å²) in [6.07, 6.45) is 27.4. The molecule has 5 rings (SSSR count). The van der Waals surface area contributed by atoms with E-state index in [4.69, 9.17) is 9.47 Å². The number of rotatable bonds is 17. The summed E-state index contributed by atoms with van der Waals surface area (Å²) >= 11 is 0. The Morgan fingerprint density at radius 3 is 1.94 bits per heavy atom. The van der Waals surface area contributed by atoms with E-state index in [2.05, 4.69) is 62.0 Å². The lowest BCUT2D eigenvalue weighted by Crippen LogP contribution is -2.66. The van der Waals surface area contributed by atoms with Gasteiger partial charge in [0.1, 0.15) is 12.2 Å². The normalized spacial score (nSPS) is 39.7. The molecule has 0 N–H and O–H groups in total. The molecular weight excluding hydrogens is 641 g/mol. The molecule has 0 bridgehead atoms. The minimum Gasteiger partial charge on any atom is -0.462 e. The van der Waals surface area contributed by atoms with E-state index in [0.29, 0.717) is 34.0 Å². The standard InChI is InChI=1S/C48H82O4/c1-11-12-13-14-15-16-17-18-19-20-21-22-36(51-35(4)49)33-42(50)52-41-27-29-46(8)39(44(41,5)6)26-30-48(10)40(46)24-23-38-43-37(34(2)3)25-28-45(43,7)31-32-47(38,48)9/h36-41,43H,2,11-33H2,1,3-10H3/t36?,37-,38+,39-,40+,41-,43+,45+,46-,47+,48+/m0/s1. The zero-order valence-corrected chi connectivity index (χ0v) is 35.6. The summed E-state index contributed by atoms with van der Waals surface area (Å²) in [6, 6.07) is 0. The molecule has 0 aromatic carbocycles. The lowest BCUT2D eigenvalue weighted by atomic mass is 9.32. The van der Waals surface area contributed by atoms with E-state index in [1.165, 1.54) is 122 Å². The Balaban J connectivity index is 1.17. The SMILES string of the molecule is C=C(C)[C@@H]1CC[C@]2(C)CC[C@]3(C)[C@H](CC[C@@H]4[C@@]5(C)CC[C@H](OC(=O)CC(CCCCCCCCCCCCC)OC(C)=O)C(C)(C)[C@@H]5CC[C@]43C)[C@@H]12. The number of hydrogen-bond donors (Lipinski definition) is 0. The molecule has 0 amide bonds.